The number of aromatic amines is 1. The summed E-state index contributed by atoms with van der Waals surface area (Å²) in [5, 5.41) is 3.09. The number of rotatable bonds is 3. The molecule has 4 rings (SSSR count). The second-order valence-electron chi connectivity index (χ2n) is 6.48. The van der Waals surface area contributed by atoms with Gasteiger partial charge in [0.25, 0.3) is 0 Å². The number of imidazole rings is 1. The highest BCUT2D eigenvalue weighted by atomic mass is 35.5. The number of carbonyl (C=O) groups excluding carboxylic acids is 2. The lowest BCUT2D eigenvalue weighted by atomic mass is 10.00. The van der Waals surface area contributed by atoms with E-state index in [1.54, 1.807) is 29.6 Å². The minimum absolute atomic E-state index is 0.182. The third-order valence-electron chi connectivity index (χ3n) is 4.78. The third-order valence-corrected chi connectivity index (χ3v) is 5.11. The van der Waals surface area contributed by atoms with Crippen LogP contribution in [0.25, 0.3) is 0 Å². The number of carbonyl (C=O) groups is 2. The van der Waals surface area contributed by atoms with Crippen molar-refractivity contribution >= 4 is 29.3 Å². The van der Waals surface area contributed by atoms with Crippen LogP contribution < -0.4 is 5.32 Å². The molecule has 2 N–H and O–H groups in total. The zero-order valence-corrected chi connectivity index (χ0v) is 16.3. The summed E-state index contributed by atoms with van der Waals surface area (Å²) in [6.07, 6.45) is 3.97. The molecule has 9 heteroatoms. The highest BCUT2D eigenvalue weighted by Gasteiger charge is 2.35. The molecular formula is C20H18ClN5O3. The van der Waals surface area contributed by atoms with Crippen LogP contribution >= 0.6 is 11.6 Å². The van der Waals surface area contributed by atoms with Gasteiger partial charge in [-0.2, -0.15) is 0 Å². The van der Waals surface area contributed by atoms with E-state index in [0.717, 1.165) is 17.1 Å². The van der Waals surface area contributed by atoms with E-state index < -0.39 is 12.0 Å². The average Bonchev–Trinajstić information content (AvgIpc) is 3.23. The molecule has 0 bridgehead atoms. The van der Waals surface area contributed by atoms with Gasteiger partial charge in [0.15, 0.2) is 0 Å². The lowest BCUT2D eigenvalue weighted by molar-refractivity contribution is 0.0601. The van der Waals surface area contributed by atoms with E-state index in [1.165, 1.54) is 13.2 Å². The first-order chi connectivity index (χ1) is 14.1. The molecule has 1 aliphatic heterocycles. The number of anilines is 1. The molecule has 1 aliphatic rings. The van der Waals surface area contributed by atoms with Crippen molar-refractivity contribution in [3.05, 3.63) is 76.6 Å². The first-order valence-corrected chi connectivity index (χ1v) is 9.35. The zero-order valence-electron chi connectivity index (χ0n) is 15.6. The quantitative estimate of drug-likeness (QED) is 0.643. The van der Waals surface area contributed by atoms with Crippen molar-refractivity contribution in [2.45, 2.75) is 12.5 Å². The summed E-state index contributed by atoms with van der Waals surface area (Å²) in [5.74, 6) is -0.573. The number of H-pyrrole nitrogens is 1. The number of urea groups is 1. The van der Waals surface area contributed by atoms with E-state index in [-0.39, 0.29) is 16.6 Å². The molecule has 29 heavy (non-hydrogen) atoms. The van der Waals surface area contributed by atoms with Gasteiger partial charge in [-0.3, -0.25) is 4.98 Å². The van der Waals surface area contributed by atoms with Gasteiger partial charge in [0.2, 0.25) is 0 Å². The molecule has 148 valence electrons. The second-order valence-corrected chi connectivity index (χ2v) is 6.89. The molecule has 0 saturated carbocycles. The maximum Gasteiger partial charge on any atom is 0.339 e. The van der Waals surface area contributed by atoms with Crippen molar-refractivity contribution in [3.8, 4) is 0 Å². The number of hydrogen-bond acceptors (Lipinski definition) is 5. The number of hydrogen-bond donors (Lipinski definition) is 2. The topological polar surface area (TPSA) is 100 Å². The van der Waals surface area contributed by atoms with Gasteiger partial charge in [-0.15, -0.1) is 0 Å². The number of esters is 1. The molecule has 3 heterocycles. The van der Waals surface area contributed by atoms with Crippen molar-refractivity contribution in [1.29, 1.82) is 0 Å². The normalized spacial score (nSPS) is 15.5. The highest BCUT2D eigenvalue weighted by molar-refractivity contribution is 6.33. The fourth-order valence-corrected chi connectivity index (χ4v) is 3.59. The van der Waals surface area contributed by atoms with Gasteiger partial charge in [0, 0.05) is 30.5 Å². The zero-order chi connectivity index (χ0) is 20.4. The van der Waals surface area contributed by atoms with Crippen LogP contribution in [-0.4, -0.2) is 45.5 Å². The maximum absolute atomic E-state index is 13.1. The lowest BCUT2D eigenvalue weighted by Crippen LogP contribution is -2.43. The molecular weight excluding hydrogens is 394 g/mol. The number of fused-ring (bicyclic) bond motifs is 1. The number of halogens is 1. The second kappa shape index (κ2) is 7.92. The Labute approximate surface area is 171 Å². The molecule has 3 aromatic rings. The maximum atomic E-state index is 13.1. The van der Waals surface area contributed by atoms with Crippen LogP contribution in [0.2, 0.25) is 5.02 Å². The molecule has 0 radical (unpaired) electrons. The summed E-state index contributed by atoms with van der Waals surface area (Å²) in [6, 6.07) is 9.49. The summed E-state index contributed by atoms with van der Waals surface area (Å²) in [6.45, 7) is 0.486. The van der Waals surface area contributed by atoms with Gasteiger partial charge in [-0.05, 0) is 30.3 Å². The molecule has 2 amide bonds. The number of ether oxygens (including phenoxy) is 1. The minimum atomic E-state index is -0.573. The van der Waals surface area contributed by atoms with Crippen molar-refractivity contribution in [3.63, 3.8) is 0 Å². The summed E-state index contributed by atoms with van der Waals surface area (Å²) in [7, 11) is 1.27. The number of pyridine rings is 1. The molecule has 0 saturated heterocycles. The van der Waals surface area contributed by atoms with Crippen molar-refractivity contribution in [2.24, 2.45) is 0 Å². The Hall–Kier alpha value is -3.39. The largest absolute Gasteiger partial charge is 0.465 e. The Kier molecular flexibility index (Phi) is 5.18. The number of benzene rings is 1. The van der Waals surface area contributed by atoms with Gasteiger partial charge in [-0.1, -0.05) is 17.7 Å². The van der Waals surface area contributed by atoms with Crippen LogP contribution in [0.1, 0.15) is 33.5 Å². The molecule has 0 fully saturated rings. The van der Waals surface area contributed by atoms with Gasteiger partial charge in [0.05, 0.1) is 35.4 Å². The smallest absolute Gasteiger partial charge is 0.339 e. The number of amides is 2. The fraction of sp³-hybridized carbons (Fsp3) is 0.200. The van der Waals surface area contributed by atoms with E-state index in [1.807, 2.05) is 18.2 Å². The Morgan fingerprint density at radius 1 is 1.28 bits per heavy atom. The third kappa shape index (κ3) is 3.66. The van der Waals surface area contributed by atoms with Gasteiger partial charge < -0.3 is 19.9 Å². The standard InChI is InChI=1S/C20H18ClN5O3/c1-29-19(27)13-10-12(5-6-14(13)21)25-20(28)26-9-7-15-17(24-11-23-15)18(26)16-4-2-3-8-22-16/h2-6,8,10-11,18H,7,9H2,1H3,(H,23,24)(H,25,28)/t18-/m1/s1. The van der Waals surface area contributed by atoms with E-state index in [4.69, 9.17) is 16.3 Å². The monoisotopic (exact) mass is 411 g/mol. The van der Waals surface area contributed by atoms with E-state index >= 15 is 0 Å². The van der Waals surface area contributed by atoms with Gasteiger partial charge in [0.1, 0.15) is 6.04 Å². The molecule has 1 aromatic carbocycles. The van der Waals surface area contributed by atoms with Crippen LogP contribution in [0.4, 0.5) is 10.5 Å². The molecule has 8 nitrogen and oxygen atoms in total. The average molecular weight is 412 g/mol. The van der Waals surface area contributed by atoms with Crippen molar-refractivity contribution in [2.75, 3.05) is 19.0 Å². The number of nitrogens with zero attached hydrogens (tertiary/aromatic N) is 3. The van der Waals surface area contributed by atoms with Gasteiger partial charge in [-0.25, -0.2) is 14.6 Å². The van der Waals surface area contributed by atoms with E-state index in [9.17, 15) is 9.59 Å². The van der Waals surface area contributed by atoms with Crippen molar-refractivity contribution in [1.82, 2.24) is 19.9 Å². The van der Waals surface area contributed by atoms with E-state index in [0.29, 0.717) is 18.7 Å². The van der Waals surface area contributed by atoms with Crippen molar-refractivity contribution < 1.29 is 14.3 Å². The SMILES string of the molecule is COC(=O)c1cc(NC(=O)N2CCc3[nH]cnc3[C@H]2c2ccccn2)ccc1Cl. The molecule has 0 unspecified atom stereocenters. The predicted molar refractivity (Wildman–Crippen MR) is 107 cm³/mol. The Morgan fingerprint density at radius 2 is 2.14 bits per heavy atom. The first-order valence-electron chi connectivity index (χ1n) is 8.97. The predicted octanol–water partition coefficient (Wildman–Crippen LogP) is 3.42. The van der Waals surface area contributed by atoms with Crippen LogP contribution in [0.3, 0.4) is 0 Å². The van der Waals surface area contributed by atoms with Crippen LogP contribution in [0, 0.1) is 0 Å². The molecule has 2 aromatic heterocycles. The highest BCUT2D eigenvalue weighted by Crippen LogP contribution is 2.33. The Morgan fingerprint density at radius 3 is 2.90 bits per heavy atom. The van der Waals surface area contributed by atoms with E-state index in [2.05, 4.69) is 20.3 Å². The molecule has 0 aliphatic carbocycles. The number of methoxy groups -OCH3 is 1. The lowest BCUT2D eigenvalue weighted by Gasteiger charge is -2.34. The summed E-state index contributed by atoms with van der Waals surface area (Å²) >= 11 is 6.06. The van der Waals surface area contributed by atoms with Crippen LogP contribution in [0.5, 0.6) is 0 Å². The fourth-order valence-electron chi connectivity index (χ4n) is 3.40. The number of nitrogens with one attached hydrogen (secondary N) is 2. The van der Waals surface area contributed by atoms with Gasteiger partial charge >= 0.3 is 12.0 Å². The van der Waals surface area contributed by atoms with Crippen LogP contribution in [-0.2, 0) is 11.2 Å². The minimum Gasteiger partial charge on any atom is -0.465 e. The summed E-state index contributed by atoms with van der Waals surface area (Å²) in [5.41, 5.74) is 3.11. The summed E-state index contributed by atoms with van der Waals surface area (Å²) < 4.78 is 4.73. The molecule has 0 spiro atoms. The summed E-state index contributed by atoms with van der Waals surface area (Å²) in [4.78, 5) is 38.6. The molecule has 1 atom stereocenters. The van der Waals surface area contributed by atoms with Crippen LogP contribution in [0.15, 0.2) is 48.9 Å². The first kappa shape index (κ1) is 18.9. The Balaban J connectivity index is 1.63. The Bertz CT molecular complexity index is 1050. The number of aromatic nitrogens is 3.